The van der Waals surface area contributed by atoms with E-state index in [2.05, 4.69) is 4.98 Å². The quantitative estimate of drug-likeness (QED) is 0.686. The van der Waals surface area contributed by atoms with Crippen molar-refractivity contribution in [3.63, 3.8) is 0 Å². The number of aromatic amines is 1. The highest BCUT2D eigenvalue weighted by atomic mass is 16.5. The molecule has 0 radical (unpaired) electrons. The number of amides is 2. The van der Waals surface area contributed by atoms with Gasteiger partial charge in [0.05, 0.1) is 11.0 Å². The summed E-state index contributed by atoms with van der Waals surface area (Å²) in [5, 5.41) is 0. The molecule has 0 atom stereocenters. The number of nitrogens with one attached hydrogen (secondary N) is 1. The molecule has 2 amide bonds. The largest absolute Gasteiger partial charge is 0.484 e. The van der Waals surface area contributed by atoms with Gasteiger partial charge in [0, 0.05) is 24.7 Å². The summed E-state index contributed by atoms with van der Waals surface area (Å²) in [6, 6.07) is 14.0. The number of fused-ring (bicyclic) bond motifs is 1. The van der Waals surface area contributed by atoms with Crippen LogP contribution in [-0.2, 0) is 4.79 Å². The lowest BCUT2D eigenvalue weighted by molar-refractivity contribution is -0.134. The highest BCUT2D eigenvalue weighted by molar-refractivity contribution is 5.92. The van der Waals surface area contributed by atoms with Gasteiger partial charge in [0.15, 0.2) is 6.61 Å². The summed E-state index contributed by atoms with van der Waals surface area (Å²) in [6.07, 6.45) is 1.42. The van der Waals surface area contributed by atoms with E-state index in [1.54, 1.807) is 33.7 Å². The van der Waals surface area contributed by atoms with Gasteiger partial charge in [-0.15, -0.1) is 0 Å². The highest BCUT2D eigenvalue weighted by Crippen LogP contribution is 2.25. The van der Waals surface area contributed by atoms with Crippen LogP contribution in [-0.4, -0.2) is 46.0 Å². The number of likely N-dealkylation sites (tertiary alicyclic amines) is 1. The van der Waals surface area contributed by atoms with E-state index >= 15 is 0 Å². The molecule has 150 valence electrons. The maximum atomic E-state index is 12.5. The predicted molar refractivity (Wildman–Crippen MR) is 108 cm³/mol. The molecule has 0 aliphatic carbocycles. The van der Waals surface area contributed by atoms with Gasteiger partial charge in [0.1, 0.15) is 5.75 Å². The highest BCUT2D eigenvalue weighted by Gasteiger charge is 2.26. The van der Waals surface area contributed by atoms with Gasteiger partial charge in [-0.1, -0.05) is 12.1 Å². The normalized spacial score (nSPS) is 14.8. The number of carbonyl (C=O) groups excluding carboxylic acids is 2. The molecular weight excluding hydrogens is 372 g/mol. The number of para-hydroxylation sites is 2. The molecule has 1 aromatic heterocycles. The van der Waals surface area contributed by atoms with Crippen LogP contribution in [0.15, 0.2) is 53.3 Å². The number of imidazole rings is 1. The first kappa shape index (κ1) is 18.8. The number of piperidine rings is 1. The zero-order valence-corrected chi connectivity index (χ0v) is 15.8. The number of H-pyrrole nitrogens is 1. The molecule has 1 saturated heterocycles. The summed E-state index contributed by atoms with van der Waals surface area (Å²) in [5.74, 6) is -0.109. The summed E-state index contributed by atoms with van der Waals surface area (Å²) in [6.45, 7) is 1.06. The van der Waals surface area contributed by atoms with E-state index < -0.39 is 5.91 Å². The SMILES string of the molecule is NC(=O)c1ccc(OCC(=O)N2CCC(n3c(=O)[nH]c4ccccc43)CC2)cc1. The molecular formula is C21H22N4O4. The van der Waals surface area contributed by atoms with E-state index in [4.69, 9.17) is 10.5 Å². The van der Waals surface area contributed by atoms with Crippen LogP contribution in [0.3, 0.4) is 0 Å². The smallest absolute Gasteiger partial charge is 0.326 e. The maximum absolute atomic E-state index is 12.5. The average Bonchev–Trinajstić information content (AvgIpc) is 3.08. The Morgan fingerprint density at radius 1 is 1.07 bits per heavy atom. The third-order valence-electron chi connectivity index (χ3n) is 5.31. The number of benzene rings is 2. The van der Waals surface area contributed by atoms with Crippen molar-refractivity contribution in [1.29, 1.82) is 0 Å². The van der Waals surface area contributed by atoms with Gasteiger partial charge in [-0.2, -0.15) is 0 Å². The minimum atomic E-state index is -0.509. The molecule has 29 heavy (non-hydrogen) atoms. The van der Waals surface area contributed by atoms with Gasteiger partial charge >= 0.3 is 5.69 Å². The first-order valence-electron chi connectivity index (χ1n) is 9.52. The lowest BCUT2D eigenvalue weighted by atomic mass is 10.0. The van der Waals surface area contributed by atoms with E-state index in [-0.39, 0.29) is 24.2 Å². The summed E-state index contributed by atoms with van der Waals surface area (Å²) in [5.41, 5.74) is 7.20. The van der Waals surface area contributed by atoms with Gasteiger partial charge in [-0.3, -0.25) is 14.2 Å². The summed E-state index contributed by atoms with van der Waals surface area (Å²) < 4.78 is 7.33. The third kappa shape index (κ3) is 3.87. The fraction of sp³-hybridized carbons (Fsp3) is 0.286. The van der Waals surface area contributed by atoms with Crippen molar-refractivity contribution in [2.45, 2.75) is 18.9 Å². The zero-order chi connectivity index (χ0) is 20.4. The standard InChI is InChI=1S/C21H22N4O4/c22-20(27)14-5-7-16(8-6-14)29-13-19(26)24-11-9-15(10-12-24)25-18-4-2-1-3-17(18)23-21(25)28/h1-8,15H,9-13H2,(H2,22,27)(H,23,28). The van der Waals surface area contributed by atoms with Gasteiger partial charge in [-0.25, -0.2) is 4.79 Å². The molecule has 8 heteroatoms. The summed E-state index contributed by atoms with van der Waals surface area (Å²) in [7, 11) is 0. The molecule has 8 nitrogen and oxygen atoms in total. The van der Waals surface area contributed by atoms with Crippen LogP contribution < -0.4 is 16.2 Å². The van der Waals surface area contributed by atoms with Crippen molar-refractivity contribution in [3.8, 4) is 5.75 Å². The Bertz CT molecular complexity index is 1090. The number of aromatic nitrogens is 2. The molecule has 4 rings (SSSR count). The first-order valence-corrected chi connectivity index (χ1v) is 9.52. The number of nitrogens with two attached hydrogens (primary N) is 1. The number of ether oxygens (including phenoxy) is 1. The van der Waals surface area contributed by atoms with Gasteiger partial charge in [0.25, 0.3) is 5.91 Å². The molecule has 1 aliphatic rings. The van der Waals surface area contributed by atoms with E-state index in [1.165, 1.54) is 0 Å². The lowest BCUT2D eigenvalue weighted by Gasteiger charge is -2.32. The summed E-state index contributed by atoms with van der Waals surface area (Å²) >= 11 is 0. The number of hydrogen-bond acceptors (Lipinski definition) is 4. The molecule has 0 saturated carbocycles. The molecule has 1 fully saturated rings. The molecule has 2 aromatic carbocycles. The molecule has 1 aliphatic heterocycles. The molecule has 0 spiro atoms. The summed E-state index contributed by atoms with van der Waals surface area (Å²) in [4.78, 5) is 40.6. The molecule has 0 unspecified atom stereocenters. The van der Waals surface area contributed by atoms with Crippen molar-refractivity contribution < 1.29 is 14.3 Å². The van der Waals surface area contributed by atoms with Gasteiger partial charge in [0.2, 0.25) is 5.91 Å². The monoisotopic (exact) mass is 394 g/mol. The second-order valence-corrected chi connectivity index (χ2v) is 7.11. The fourth-order valence-corrected chi connectivity index (χ4v) is 3.76. The van der Waals surface area contributed by atoms with Crippen LogP contribution in [0.1, 0.15) is 29.2 Å². The topological polar surface area (TPSA) is 110 Å². The van der Waals surface area contributed by atoms with E-state index in [1.807, 2.05) is 24.3 Å². The first-order chi connectivity index (χ1) is 14.0. The Balaban J connectivity index is 1.34. The fourth-order valence-electron chi connectivity index (χ4n) is 3.76. The number of carbonyl (C=O) groups is 2. The second kappa shape index (κ2) is 7.83. The number of nitrogens with zero attached hydrogens (tertiary/aromatic N) is 2. The van der Waals surface area contributed by atoms with Crippen molar-refractivity contribution >= 4 is 22.8 Å². The Hall–Kier alpha value is -3.55. The van der Waals surface area contributed by atoms with Crippen molar-refractivity contribution in [3.05, 3.63) is 64.6 Å². The Morgan fingerprint density at radius 3 is 2.45 bits per heavy atom. The third-order valence-corrected chi connectivity index (χ3v) is 5.31. The van der Waals surface area contributed by atoms with E-state index in [9.17, 15) is 14.4 Å². The van der Waals surface area contributed by atoms with Crippen LogP contribution in [0.25, 0.3) is 11.0 Å². The second-order valence-electron chi connectivity index (χ2n) is 7.11. The number of primary amides is 1. The Morgan fingerprint density at radius 2 is 1.76 bits per heavy atom. The van der Waals surface area contributed by atoms with Crippen LogP contribution in [0.2, 0.25) is 0 Å². The average molecular weight is 394 g/mol. The molecule has 3 aromatic rings. The predicted octanol–water partition coefficient (Wildman–Crippen LogP) is 1.67. The van der Waals surface area contributed by atoms with E-state index in [0.29, 0.717) is 37.2 Å². The molecule has 2 heterocycles. The number of rotatable bonds is 5. The van der Waals surface area contributed by atoms with Crippen molar-refractivity contribution in [1.82, 2.24) is 14.5 Å². The van der Waals surface area contributed by atoms with Crippen LogP contribution in [0, 0.1) is 0 Å². The van der Waals surface area contributed by atoms with Crippen molar-refractivity contribution in [2.24, 2.45) is 5.73 Å². The Labute approximate surface area is 166 Å². The minimum absolute atomic E-state index is 0.0602. The van der Waals surface area contributed by atoms with Crippen LogP contribution >= 0.6 is 0 Å². The van der Waals surface area contributed by atoms with E-state index in [0.717, 1.165) is 11.0 Å². The maximum Gasteiger partial charge on any atom is 0.326 e. The van der Waals surface area contributed by atoms with Crippen molar-refractivity contribution in [2.75, 3.05) is 19.7 Å². The minimum Gasteiger partial charge on any atom is -0.484 e. The zero-order valence-electron chi connectivity index (χ0n) is 15.8. The van der Waals surface area contributed by atoms with Crippen LogP contribution in [0.4, 0.5) is 0 Å². The van der Waals surface area contributed by atoms with Gasteiger partial charge in [-0.05, 0) is 49.2 Å². The number of hydrogen-bond donors (Lipinski definition) is 2. The molecule has 0 bridgehead atoms. The Kier molecular flexibility index (Phi) is 5.07. The van der Waals surface area contributed by atoms with Crippen LogP contribution in [0.5, 0.6) is 5.75 Å². The lowest BCUT2D eigenvalue weighted by Crippen LogP contribution is -2.42. The molecule has 3 N–H and O–H groups in total. The van der Waals surface area contributed by atoms with Gasteiger partial charge < -0.3 is 20.4 Å².